The summed E-state index contributed by atoms with van der Waals surface area (Å²) in [6, 6.07) is 4.59. The molecule has 1 saturated heterocycles. The van der Waals surface area contributed by atoms with Gasteiger partial charge in [-0.3, -0.25) is 4.79 Å². The molecule has 2 bridgehead atoms. The highest BCUT2D eigenvalue weighted by Crippen LogP contribution is 2.57. The maximum atomic E-state index is 12.6. The molecule has 1 heterocycles. The van der Waals surface area contributed by atoms with Crippen LogP contribution in [-0.2, 0) is 21.4 Å². The average Bonchev–Trinajstić information content (AvgIpc) is 2.53. The lowest BCUT2D eigenvalue weighted by atomic mass is 9.51. The van der Waals surface area contributed by atoms with Crippen LogP contribution in [0.15, 0.2) is 12.1 Å². The van der Waals surface area contributed by atoms with E-state index in [-0.39, 0.29) is 17.3 Å². The molecule has 1 aromatic carbocycles. The maximum absolute atomic E-state index is 12.6. The number of methoxy groups -OCH3 is 1. The largest absolute Gasteiger partial charge is 0.507 e. The summed E-state index contributed by atoms with van der Waals surface area (Å²) >= 11 is 0. The summed E-state index contributed by atoms with van der Waals surface area (Å²) < 4.78 is 5.46. The van der Waals surface area contributed by atoms with Gasteiger partial charge in [0.2, 0.25) is 0 Å². The molecule has 4 nitrogen and oxygen atoms in total. The molecule has 1 aromatic rings. The summed E-state index contributed by atoms with van der Waals surface area (Å²) in [5.41, 5.74) is 3.00. The van der Waals surface area contributed by atoms with Gasteiger partial charge in [-0.1, -0.05) is 12.1 Å². The van der Waals surface area contributed by atoms with Crippen LogP contribution < -0.4 is 0 Å². The number of likely N-dealkylation sites (tertiary alicyclic amines) is 1. The number of hydrogen-bond acceptors (Lipinski definition) is 4. The number of ketones is 1. The Morgan fingerprint density at radius 2 is 2.17 bits per heavy atom. The lowest BCUT2D eigenvalue weighted by molar-refractivity contribution is -0.141. The normalized spacial score (nSPS) is 36.5. The van der Waals surface area contributed by atoms with Crippen LogP contribution in [0.4, 0.5) is 0 Å². The summed E-state index contributed by atoms with van der Waals surface area (Å²) in [7, 11) is 3.82. The summed E-state index contributed by atoms with van der Waals surface area (Å²) in [6.45, 7) is 2.93. The smallest absolute Gasteiger partial charge is 0.162 e. The first-order valence-corrected chi connectivity index (χ1v) is 8.55. The molecular formula is C19H25NO3. The molecular weight excluding hydrogens is 290 g/mol. The van der Waals surface area contributed by atoms with Gasteiger partial charge in [-0.2, -0.15) is 0 Å². The fourth-order valence-corrected chi connectivity index (χ4v) is 5.40. The van der Waals surface area contributed by atoms with Gasteiger partial charge in [0.25, 0.3) is 0 Å². The molecule has 0 spiro atoms. The Labute approximate surface area is 137 Å². The number of hydrogen-bond donors (Lipinski definition) is 1. The number of piperidine rings is 1. The van der Waals surface area contributed by atoms with E-state index in [0.717, 1.165) is 36.9 Å². The minimum Gasteiger partial charge on any atom is -0.507 e. The number of carbonyl (C=O) groups is 1. The van der Waals surface area contributed by atoms with E-state index in [2.05, 4.69) is 18.0 Å². The van der Waals surface area contributed by atoms with E-state index >= 15 is 0 Å². The van der Waals surface area contributed by atoms with Gasteiger partial charge in [0, 0.05) is 30.6 Å². The number of phenolic OH excluding ortho intramolecular Hbond substituents is 1. The number of carbonyl (C=O) groups excluding carboxylic acids is 1. The Morgan fingerprint density at radius 1 is 1.39 bits per heavy atom. The summed E-state index contributed by atoms with van der Waals surface area (Å²) in [5, 5.41) is 10.8. The van der Waals surface area contributed by atoms with Gasteiger partial charge in [-0.15, -0.1) is 0 Å². The Kier molecular flexibility index (Phi) is 3.33. The molecule has 1 saturated carbocycles. The van der Waals surface area contributed by atoms with Gasteiger partial charge in [-0.25, -0.2) is 0 Å². The number of likely N-dealkylation sites (N-methyl/N-ethyl adjacent to an activating group) is 1. The quantitative estimate of drug-likeness (QED) is 0.863. The Morgan fingerprint density at radius 3 is 2.91 bits per heavy atom. The minimum absolute atomic E-state index is 0.195. The zero-order chi connectivity index (χ0) is 16.4. The molecule has 2 aliphatic carbocycles. The lowest BCUT2D eigenvalue weighted by Crippen LogP contribution is -2.63. The zero-order valence-electron chi connectivity index (χ0n) is 14.1. The van der Waals surface area contributed by atoms with Crippen molar-refractivity contribution in [2.45, 2.75) is 50.2 Å². The number of phenols is 1. The van der Waals surface area contributed by atoms with Gasteiger partial charge in [0.05, 0.1) is 0 Å². The molecule has 0 amide bonds. The van der Waals surface area contributed by atoms with Crippen LogP contribution in [0.2, 0.25) is 0 Å². The van der Waals surface area contributed by atoms with Gasteiger partial charge in [0.15, 0.2) is 5.78 Å². The first-order valence-electron chi connectivity index (χ1n) is 8.55. The van der Waals surface area contributed by atoms with Gasteiger partial charge in [-0.05, 0) is 56.8 Å². The molecule has 2 unspecified atom stereocenters. The fourth-order valence-electron chi connectivity index (χ4n) is 5.40. The van der Waals surface area contributed by atoms with Crippen LogP contribution in [0.25, 0.3) is 0 Å². The van der Waals surface area contributed by atoms with Crippen molar-refractivity contribution in [3.8, 4) is 5.75 Å². The predicted molar refractivity (Wildman–Crippen MR) is 87.8 cm³/mol. The SMILES string of the molecule is COC1C[C@@H]2[C@@H]3Cc4ccc(C)c(O)c4C2(CCN3C)CC1=O. The second kappa shape index (κ2) is 5.05. The third-order valence-electron chi connectivity index (χ3n) is 6.65. The van der Waals surface area contributed by atoms with E-state index in [1.54, 1.807) is 7.11 Å². The first-order chi connectivity index (χ1) is 11.0. The van der Waals surface area contributed by atoms with Crippen molar-refractivity contribution in [2.75, 3.05) is 20.7 Å². The second-order valence-corrected chi connectivity index (χ2v) is 7.63. The number of aromatic hydroxyl groups is 1. The van der Waals surface area contributed by atoms with Crippen LogP contribution in [0.3, 0.4) is 0 Å². The fraction of sp³-hybridized carbons (Fsp3) is 0.632. The number of aryl methyl sites for hydroxylation is 1. The zero-order valence-corrected chi connectivity index (χ0v) is 14.1. The predicted octanol–water partition coefficient (Wildman–Crippen LogP) is 2.19. The van der Waals surface area contributed by atoms with Crippen molar-refractivity contribution in [2.24, 2.45) is 5.92 Å². The van der Waals surface area contributed by atoms with E-state index in [0.29, 0.717) is 24.1 Å². The van der Waals surface area contributed by atoms with E-state index in [1.165, 1.54) is 5.56 Å². The summed E-state index contributed by atoms with van der Waals surface area (Å²) in [6.07, 6.45) is 2.89. The molecule has 4 heteroatoms. The highest BCUT2D eigenvalue weighted by atomic mass is 16.5. The molecule has 0 aromatic heterocycles. The summed E-state index contributed by atoms with van der Waals surface area (Å²) in [5.74, 6) is 0.990. The van der Waals surface area contributed by atoms with Crippen molar-refractivity contribution < 1.29 is 14.6 Å². The Hall–Kier alpha value is -1.39. The van der Waals surface area contributed by atoms with E-state index in [1.807, 2.05) is 13.0 Å². The highest BCUT2D eigenvalue weighted by Gasteiger charge is 2.58. The number of nitrogens with zero attached hydrogens (tertiary/aromatic N) is 1. The van der Waals surface area contributed by atoms with Gasteiger partial charge >= 0.3 is 0 Å². The van der Waals surface area contributed by atoms with E-state index in [4.69, 9.17) is 4.74 Å². The molecule has 23 heavy (non-hydrogen) atoms. The number of fused-ring (bicyclic) bond motifs is 1. The molecule has 4 rings (SSSR count). The van der Waals surface area contributed by atoms with E-state index < -0.39 is 0 Å². The Bertz CT molecular complexity index is 671. The molecule has 124 valence electrons. The maximum Gasteiger partial charge on any atom is 0.162 e. The lowest BCUT2D eigenvalue weighted by Gasteiger charge is -2.58. The van der Waals surface area contributed by atoms with Crippen molar-refractivity contribution in [1.29, 1.82) is 0 Å². The first kappa shape index (κ1) is 15.2. The topological polar surface area (TPSA) is 49.8 Å². The Balaban J connectivity index is 1.92. The van der Waals surface area contributed by atoms with Crippen LogP contribution in [0, 0.1) is 12.8 Å². The van der Waals surface area contributed by atoms with Crippen LogP contribution >= 0.6 is 0 Å². The van der Waals surface area contributed by atoms with E-state index in [9.17, 15) is 9.90 Å². The number of Topliss-reactive ketones (excluding diaryl/α,β-unsaturated/α-hetero) is 1. The van der Waals surface area contributed by atoms with Crippen LogP contribution in [0.5, 0.6) is 5.75 Å². The van der Waals surface area contributed by atoms with Crippen LogP contribution in [0.1, 0.15) is 36.0 Å². The highest BCUT2D eigenvalue weighted by molar-refractivity contribution is 5.86. The average molecular weight is 315 g/mol. The molecule has 3 aliphatic rings. The number of rotatable bonds is 1. The summed E-state index contributed by atoms with van der Waals surface area (Å²) in [4.78, 5) is 15.1. The number of benzene rings is 1. The third-order valence-corrected chi connectivity index (χ3v) is 6.65. The molecule has 0 radical (unpaired) electrons. The van der Waals surface area contributed by atoms with Crippen LogP contribution in [-0.4, -0.2) is 48.6 Å². The molecule has 1 N–H and O–H groups in total. The van der Waals surface area contributed by atoms with Crippen molar-refractivity contribution in [3.63, 3.8) is 0 Å². The standard InChI is InChI=1S/C19H25NO3/c1-11-4-5-12-8-14-13-9-16(23-3)15(21)10-19(13,6-7-20(14)2)17(12)18(11)22/h4-5,13-14,16,22H,6-10H2,1-3H3/t13-,14+,16?,19?/m1/s1. The monoisotopic (exact) mass is 315 g/mol. The molecule has 2 fully saturated rings. The van der Waals surface area contributed by atoms with Gasteiger partial charge in [0.1, 0.15) is 11.9 Å². The van der Waals surface area contributed by atoms with Gasteiger partial charge < -0.3 is 14.7 Å². The molecule has 1 aliphatic heterocycles. The van der Waals surface area contributed by atoms with Crippen molar-refractivity contribution in [1.82, 2.24) is 4.90 Å². The van der Waals surface area contributed by atoms with Crippen molar-refractivity contribution in [3.05, 3.63) is 28.8 Å². The van der Waals surface area contributed by atoms with Crippen molar-refractivity contribution >= 4 is 5.78 Å². The minimum atomic E-state index is -0.282. The third kappa shape index (κ3) is 1.94. The number of ether oxygens (including phenoxy) is 1. The second-order valence-electron chi connectivity index (χ2n) is 7.63. The molecule has 4 atom stereocenters.